The lowest BCUT2D eigenvalue weighted by atomic mass is 10.1. The number of carbonyl (C=O) groups is 1. The average Bonchev–Trinajstić information content (AvgIpc) is 2.52. The van der Waals surface area contributed by atoms with E-state index in [0.29, 0.717) is 11.3 Å². The van der Waals surface area contributed by atoms with Crippen LogP contribution in [-0.2, 0) is 4.79 Å². The molecule has 0 aliphatic rings. The molecule has 0 aliphatic heterocycles. The van der Waals surface area contributed by atoms with Gasteiger partial charge < -0.3 is 5.32 Å². The van der Waals surface area contributed by atoms with Gasteiger partial charge in [-0.15, -0.1) is 0 Å². The van der Waals surface area contributed by atoms with Crippen LogP contribution in [0.5, 0.6) is 0 Å². The van der Waals surface area contributed by atoms with Gasteiger partial charge in [0.15, 0.2) is 0 Å². The fraction of sp³-hybridized carbons (Fsp3) is 0.111. The molecule has 0 bridgehead atoms. The molecule has 1 N–H and O–H groups in total. The summed E-state index contributed by atoms with van der Waals surface area (Å²) in [6.45, 7) is 3.85. The first-order chi connectivity index (χ1) is 10.9. The van der Waals surface area contributed by atoms with Crippen LogP contribution in [0.25, 0.3) is 6.08 Å². The van der Waals surface area contributed by atoms with Crippen molar-refractivity contribution in [3.8, 4) is 6.07 Å². The molecule has 0 heterocycles. The Balaban J connectivity index is 2.28. The molecule has 2 aromatic carbocycles. The molecule has 0 radical (unpaired) electrons. The number of halogens is 2. The van der Waals surface area contributed by atoms with Gasteiger partial charge in [-0.05, 0) is 70.7 Å². The molecule has 0 unspecified atom stereocenters. The summed E-state index contributed by atoms with van der Waals surface area (Å²) in [5, 5.41) is 12.0. The van der Waals surface area contributed by atoms with Crippen molar-refractivity contribution in [3.63, 3.8) is 0 Å². The quantitative estimate of drug-likeness (QED) is 0.624. The highest BCUT2D eigenvalue weighted by Gasteiger charge is 2.12. The Morgan fingerprint density at radius 3 is 2.70 bits per heavy atom. The maximum absolute atomic E-state index is 13.2. The highest BCUT2D eigenvalue weighted by Crippen LogP contribution is 2.21. The minimum Gasteiger partial charge on any atom is -0.321 e. The van der Waals surface area contributed by atoms with Crippen LogP contribution < -0.4 is 5.32 Å². The molecule has 2 rings (SSSR count). The van der Waals surface area contributed by atoms with E-state index in [2.05, 4.69) is 21.2 Å². The van der Waals surface area contributed by atoms with E-state index in [1.165, 1.54) is 24.3 Å². The van der Waals surface area contributed by atoms with Crippen LogP contribution in [0.15, 0.2) is 46.4 Å². The van der Waals surface area contributed by atoms with Gasteiger partial charge in [-0.1, -0.05) is 18.2 Å². The molecule has 116 valence electrons. The van der Waals surface area contributed by atoms with Gasteiger partial charge in [-0.2, -0.15) is 5.26 Å². The lowest BCUT2D eigenvalue weighted by molar-refractivity contribution is -0.112. The molecule has 0 atom stereocenters. The van der Waals surface area contributed by atoms with Gasteiger partial charge in [0.1, 0.15) is 17.5 Å². The maximum Gasteiger partial charge on any atom is 0.266 e. The third-order valence-electron chi connectivity index (χ3n) is 3.47. The van der Waals surface area contributed by atoms with Crippen LogP contribution in [-0.4, -0.2) is 5.91 Å². The number of hydrogen-bond acceptors (Lipinski definition) is 2. The molecule has 0 fully saturated rings. The second kappa shape index (κ2) is 7.21. The molecular weight excluding hydrogens is 359 g/mol. The molecule has 0 spiro atoms. The van der Waals surface area contributed by atoms with Crippen LogP contribution >= 0.6 is 15.9 Å². The first-order valence-corrected chi connectivity index (χ1v) is 7.66. The molecule has 0 aromatic heterocycles. The Morgan fingerprint density at radius 2 is 2.04 bits per heavy atom. The number of nitrogens with zero attached hydrogens (tertiary/aromatic N) is 1. The summed E-state index contributed by atoms with van der Waals surface area (Å²) in [6, 6.07) is 11.7. The molecule has 0 saturated heterocycles. The summed E-state index contributed by atoms with van der Waals surface area (Å²) < 4.78 is 13.5. The molecular formula is C18H14BrFN2O. The standard InChI is InChI=1S/C18H14BrFN2O/c1-11-4-3-5-17(12(11)2)22-18(23)14(10-21)8-13-6-7-16(20)15(19)9-13/h3-9H,1-2H3,(H,22,23)/b14-8+. The van der Waals surface area contributed by atoms with Crippen molar-refractivity contribution in [3.05, 3.63) is 69.0 Å². The zero-order valence-corrected chi connectivity index (χ0v) is 14.2. The highest BCUT2D eigenvalue weighted by atomic mass is 79.9. The van der Waals surface area contributed by atoms with Crippen LogP contribution in [0, 0.1) is 31.0 Å². The van der Waals surface area contributed by atoms with Crippen molar-refractivity contribution >= 4 is 33.6 Å². The van der Waals surface area contributed by atoms with Gasteiger partial charge >= 0.3 is 0 Å². The summed E-state index contributed by atoms with van der Waals surface area (Å²) in [6.07, 6.45) is 1.42. The molecule has 3 nitrogen and oxygen atoms in total. The molecule has 0 saturated carbocycles. The first kappa shape index (κ1) is 16.9. The van der Waals surface area contributed by atoms with Crippen LogP contribution in [0.3, 0.4) is 0 Å². The number of nitrogens with one attached hydrogen (secondary N) is 1. The predicted molar refractivity (Wildman–Crippen MR) is 92.2 cm³/mol. The fourth-order valence-corrected chi connectivity index (χ4v) is 2.39. The van der Waals surface area contributed by atoms with Gasteiger partial charge in [0.05, 0.1) is 4.47 Å². The van der Waals surface area contributed by atoms with Crippen LogP contribution in [0.2, 0.25) is 0 Å². The summed E-state index contributed by atoms with van der Waals surface area (Å²) in [5.74, 6) is -0.901. The van der Waals surface area contributed by atoms with Crippen molar-refractivity contribution in [2.45, 2.75) is 13.8 Å². The minimum absolute atomic E-state index is 0.0515. The first-order valence-electron chi connectivity index (χ1n) is 6.87. The maximum atomic E-state index is 13.2. The molecule has 5 heteroatoms. The van der Waals surface area contributed by atoms with Crippen molar-refractivity contribution in [1.82, 2.24) is 0 Å². The summed E-state index contributed by atoms with van der Waals surface area (Å²) in [5.41, 5.74) is 3.17. The number of aryl methyl sites for hydroxylation is 1. The van der Waals surface area contributed by atoms with E-state index in [9.17, 15) is 14.4 Å². The molecule has 23 heavy (non-hydrogen) atoms. The number of nitriles is 1. The summed E-state index contributed by atoms with van der Waals surface area (Å²) >= 11 is 3.08. The van der Waals surface area contributed by atoms with E-state index in [1.807, 2.05) is 32.0 Å². The monoisotopic (exact) mass is 372 g/mol. The Kier molecular flexibility index (Phi) is 5.30. The van der Waals surface area contributed by atoms with Gasteiger partial charge in [-0.3, -0.25) is 4.79 Å². The van der Waals surface area contributed by atoms with Crippen molar-refractivity contribution in [2.24, 2.45) is 0 Å². The summed E-state index contributed by atoms with van der Waals surface area (Å²) in [4.78, 5) is 12.3. The van der Waals surface area contributed by atoms with E-state index >= 15 is 0 Å². The lowest BCUT2D eigenvalue weighted by Crippen LogP contribution is -2.14. The summed E-state index contributed by atoms with van der Waals surface area (Å²) in [7, 11) is 0. The largest absolute Gasteiger partial charge is 0.321 e. The smallest absolute Gasteiger partial charge is 0.266 e. The van der Waals surface area contributed by atoms with Crippen molar-refractivity contribution < 1.29 is 9.18 Å². The highest BCUT2D eigenvalue weighted by molar-refractivity contribution is 9.10. The third-order valence-corrected chi connectivity index (χ3v) is 4.08. The number of anilines is 1. The Labute approximate surface area is 142 Å². The van der Waals surface area contributed by atoms with E-state index in [-0.39, 0.29) is 10.0 Å². The topological polar surface area (TPSA) is 52.9 Å². The lowest BCUT2D eigenvalue weighted by Gasteiger charge is -2.09. The number of rotatable bonds is 3. The number of carbonyl (C=O) groups excluding carboxylic acids is 1. The zero-order valence-electron chi connectivity index (χ0n) is 12.7. The second-order valence-corrected chi connectivity index (χ2v) is 5.90. The zero-order chi connectivity index (χ0) is 17.0. The number of hydrogen-bond donors (Lipinski definition) is 1. The average molecular weight is 373 g/mol. The van der Waals surface area contributed by atoms with Gasteiger partial charge in [0.2, 0.25) is 0 Å². The normalized spacial score (nSPS) is 11.0. The SMILES string of the molecule is Cc1cccc(NC(=O)/C(C#N)=C/c2ccc(F)c(Br)c2)c1C. The number of benzene rings is 2. The van der Waals surface area contributed by atoms with Crippen LogP contribution in [0.1, 0.15) is 16.7 Å². The Bertz CT molecular complexity index is 837. The van der Waals surface area contributed by atoms with Crippen molar-refractivity contribution in [2.75, 3.05) is 5.32 Å². The predicted octanol–water partition coefficient (Wildman–Crippen LogP) is 4.75. The van der Waals surface area contributed by atoms with Crippen molar-refractivity contribution in [1.29, 1.82) is 5.26 Å². The Morgan fingerprint density at radius 1 is 1.30 bits per heavy atom. The Hall–Kier alpha value is -2.45. The van der Waals surface area contributed by atoms with Gasteiger partial charge in [0, 0.05) is 5.69 Å². The molecule has 2 aromatic rings. The second-order valence-electron chi connectivity index (χ2n) is 5.04. The van der Waals surface area contributed by atoms with E-state index in [0.717, 1.165) is 11.1 Å². The van der Waals surface area contributed by atoms with E-state index < -0.39 is 11.7 Å². The molecule has 1 amide bonds. The van der Waals surface area contributed by atoms with E-state index in [1.54, 1.807) is 6.07 Å². The number of amides is 1. The third kappa shape index (κ3) is 4.05. The van der Waals surface area contributed by atoms with Gasteiger partial charge in [0.25, 0.3) is 5.91 Å². The molecule has 0 aliphatic carbocycles. The minimum atomic E-state index is -0.498. The van der Waals surface area contributed by atoms with Crippen LogP contribution in [0.4, 0.5) is 10.1 Å². The van der Waals surface area contributed by atoms with E-state index in [4.69, 9.17) is 0 Å². The fourth-order valence-electron chi connectivity index (χ4n) is 1.99. The van der Waals surface area contributed by atoms with Gasteiger partial charge in [-0.25, -0.2) is 4.39 Å².